The molecular weight excluding hydrogens is 421 g/mol. The fourth-order valence-corrected chi connectivity index (χ4v) is 3.80. The van der Waals surface area contributed by atoms with E-state index in [0.29, 0.717) is 23.3 Å². The summed E-state index contributed by atoms with van der Waals surface area (Å²) in [4.78, 5) is 27.1. The average Bonchev–Trinajstić information content (AvgIpc) is 3.66. The maximum absolute atomic E-state index is 13.0. The van der Waals surface area contributed by atoms with Gasteiger partial charge in [0.05, 0.1) is 5.56 Å². The smallest absolute Gasteiger partial charge is 0.416 e. The normalized spacial score (nSPS) is 16.9. The van der Waals surface area contributed by atoms with E-state index in [0.717, 1.165) is 25.0 Å². The van der Waals surface area contributed by atoms with Gasteiger partial charge in [-0.25, -0.2) is 0 Å². The van der Waals surface area contributed by atoms with E-state index >= 15 is 0 Å². The zero-order chi connectivity index (χ0) is 22.9. The Morgan fingerprint density at radius 1 is 1.09 bits per heavy atom. The van der Waals surface area contributed by atoms with Gasteiger partial charge in [-0.3, -0.25) is 9.59 Å². The van der Waals surface area contributed by atoms with Crippen molar-refractivity contribution >= 4 is 17.5 Å². The molecule has 0 aliphatic heterocycles. The van der Waals surface area contributed by atoms with Crippen LogP contribution in [0.3, 0.4) is 0 Å². The zero-order valence-corrected chi connectivity index (χ0v) is 17.7. The van der Waals surface area contributed by atoms with E-state index in [4.69, 9.17) is 4.74 Å². The first-order chi connectivity index (χ1) is 15.2. The largest absolute Gasteiger partial charge is 0.484 e. The maximum atomic E-state index is 13.0. The minimum absolute atomic E-state index is 0.0146. The third-order valence-electron chi connectivity index (χ3n) is 5.86. The van der Waals surface area contributed by atoms with E-state index < -0.39 is 17.6 Å². The fraction of sp³-hybridized carbons (Fsp3) is 0.417. The van der Waals surface area contributed by atoms with Crippen molar-refractivity contribution in [3.63, 3.8) is 0 Å². The predicted molar refractivity (Wildman–Crippen MR) is 113 cm³/mol. The van der Waals surface area contributed by atoms with E-state index in [9.17, 15) is 22.8 Å². The van der Waals surface area contributed by atoms with Gasteiger partial charge < -0.3 is 15.0 Å². The van der Waals surface area contributed by atoms with E-state index in [1.54, 1.807) is 24.3 Å². The monoisotopic (exact) mass is 446 g/mol. The molecule has 8 heteroatoms. The first-order valence-corrected chi connectivity index (χ1v) is 10.7. The van der Waals surface area contributed by atoms with Crippen LogP contribution in [0.2, 0.25) is 0 Å². The van der Waals surface area contributed by atoms with Gasteiger partial charge in [0.25, 0.3) is 11.8 Å². The molecule has 2 amide bonds. The lowest BCUT2D eigenvalue weighted by Crippen LogP contribution is -2.41. The van der Waals surface area contributed by atoms with Crippen LogP contribution in [0, 0.1) is 5.92 Å². The number of rotatable bonds is 8. The highest BCUT2D eigenvalue weighted by molar-refractivity contribution is 5.95. The molecule has 0 bridgehead atoms. The number of nitrogens with one attached hydrogen (secondary N) is 1. The fourth-order valence-electron chi connectivity index (χ4n) is 3.80. The van der Waals surface area contributed by atoms with Crippen LogP contribution in [0.5, 0.6) is 5.75 Å². The Morgan fingerprint density at radius 2 is 1.78 bits per heavy atom. The minimum Gasteiger partial charge on any atom is -0.484 e. The Bertz CT molecular complexity index is 983. The average molecular weight is 446 g/mol. The highest BCUT2D eigenvalue weighted by atomic mass is 19.4. The summed E-state index contributed by atoms with van der Waals surface area (Å²) in [5.74, 6) is 0.426. The molecule has 32 heavy (non-hydrogen) atoms. The highest BCUT2D eigenvalue weighted by Crippen LogP contribution is 2.40. The molecule has 0 radical (unpaired) electrons. The van der Waals surface area contributed by atoms with E-state index in [1.165, 1.54) is 25.0 Å². The molecule has 1 unspecified atom stereocenters. The van der Waals surface area contributed by atoms with Crippen LogP contribution in [0.15, 0.2) is 48.5 Å². The summed E-state index contributed by atoms with van der Waals surface area (Å²) in [5, 5.41) is 2.39. The van der Waals surface area contributed by atoms with Crippen LogP contribution in [0.4, 0.5) is 18.9 Å². The summed E-state index contributed by atoms with van der Waals surface area (Å²) in [5.41, 5.74) is -0.225. The molecule has 1 atom stereocenters. The van der Waals surface area contributed by atoms with Crippen LogP contribution in [0.25, 0.3) is 0 Å². The number of nitrogens with zero attached hydrogens (tertiary/aromatic N) is 1. The molecule has 0 saturated heterocycles. The Labute approximate surface area is 184 Å². The number of anilines is 1. The number of carbonyl (C=O) groups is 2. The van der Waals surface area contributed by atoms with Gasteiger partial charge in [0.15, 0.2) is 6.61 Å². The summed E-state index contributed by atoms with van der Waals surface area (Å²) in [6.07, 6.45) is -0.0437. The molecule has 1 N–H and O–H groups in total. The number of ether oxygens (including phenoxy) is 1. The molecule has 0 aromatic heterocycles. The van der Waals surface area contributed by atoms with Gasteiger partial charge in [-0.1, -0.05) is 6.07 Å². The zero-order valence-electron chi connectivity index (χ0n) is 17.7. The standard InChI is InChI=1S/C24H25F3N2O3/c1-15(16-5-6-16)29(20-9-10-20)23(31)17-7-11-21(12-8-17)32-14-22(30)28-19-4-2-3-18(13-19)24(25,26)27/h2-4,7-8,11-13,15-16,20H,5-6,9-10,14H2,1H3,(H,28,30). The molecule has 2 saturated carbocycles. The molecule has 2 aromatic carbocycles. The lowest BCUT2D eigenvalue weighted by Gasteiger charge is -2.29. The third-order valence-corrected chi connectivity index (χ3v) is 5.86. The molecule has 2 aliphatic carbocycles. The predicted octanol–water partition coefficient (Wildman–Crippen LogP) is 5.13. The van der Waals surface area contributed by atoms with E-state index in [-0.39, 0.29) is 24.2 Å². The number of amides is 2. The highest BCUT2D eigenvalue weighted by Gasteiger charge is 2.41. The van der Waals surface area contributed by atoms with Crippen molar-refractivity contribution in [3.8, 4) is 5.75 Å². The number of carbonyl (C=O) groups excluding carboxylic acids is 2. The van der Waals surface area contributed by atoms with Crippen molar-refractivity contribution in [1.82, 2.24) is 4.90 Å². The van der Waals surface area contributed by atoms with Crippen molar-refractivity contribution in [2.75, 3.05) is 11.9 Å². The van der Waals surface area contributed by atoms with Gasteiger partial charge in [0, 0.05) is 23.3 Å². The SMILES string of the molecule is CC(C1CC1)N(C(=O)c1ccc(OCC(=O)Nc2cccc(C(F)(F)F)c2)cc1)C1CC1. The molecule has 4 rings (SSSR count). The lowest BCUT2D eigenvalue weighted by molar-refractivity contribution is -0.137. The first-order valence-electron chi connectivity index (χ1n) is 10.7. The first kappa shape index (κ1) is 22.2. The molecule has 5 nitrogen and oxygen atoms in total. The van der Waals surface area contributed by atoms with Crippen LogP contribution < -0.4 is 10.1 Å². The van der Waals surface area contributed by atoms with Crippen molar-refractivity contribution in [3.05, 3.63) is 59.7 Å². The van der Waals surface area contributed by atoms with Gasteiger partial charge >= 0.3 is 6.18 Å². The van der Waals surface area contributed by atoms with Crippen molar-refractivity contribution < 1.29 is 27.5 Å². The second-order valence-corrected chi connectivity index (χ2v) is 8.46. The third kappa shape index (κ3) is 5.41. The van der Waals surface area contributed by atoms with Crippen LogP contribution in [-0.4, -0.2) is 35.4 Å². The number of alkyl halides is 3. The van der Waals surface area contributed by atoms with Crippen molar-refractivity contribution in [2.24, 2.45) is 5.92 Å². The molecule has 0 heterocycles. The number of hydrogen-bond acceptors (Lipinski definition) is 3. The van der Waals surface area contributed by atoms with Crippen molar-refractivity contribution in [2.45, 2.75) is 50.9 Å². The molecule has 170 valence electrons. The molecular formula is C24H25F3N2O3. The summed E-state index contributed by atoms with van der Waals surface area (Å²) >= 11 is 0. The van der Waals surface area contributed by atoms with E-state index in [2.05, 4.69) is 12.2 Å². The van der Waals surface area contributed by atoms with Gasteiger partial charge in [-0.2, -0.15) is 13.2 Å². The minimum atomic E-state index is -4.48. The lowest BCUT2D eigenvalue weighted by atomic mass is 10.1. The number of halogens is 3. The summed E-state index contributed by atoms with van der Waals surface area (Å²) in [6, 6.07) is 11.6. The quantitative estimate of drug-likeness (QED) is 0.612. The topological polar surface area (TPSA) is 58.6 Å². The Morgan fingerprint density at radius 3 is 2.38 bits per heavy atom. The molecule has 2 aliphatic rings. The van der Waals surface area contributed by atoms with Crippen LogP contribution in [-0.2, 0) is 11.0 Å². The molecule has 2 fully saturated rings. The van der Waals surface area contributed by atoms with Gasteiger partial charge in [-0.05, 0) is 81.0 Å². The van der Waals surface area contributed by atoms with Crippen LogP contribution >= 0.6 is 0 Å². The maximum Gasteiger partial charge on any atom is 0.416 e. The van der Waals surface area contributed by atoms with Gasteiger partial charge in [0.1, 0.15) is 5.75 Å². The Hall–Kier alpha value is -3.03. The van der Waals surface area contributed by atoms with Gasteiger partial charge in [0.2, 0.25) is 0 Å². The molecule has 0 spiro atoms. The summed E-state index contributed by atoms with van der Waals surface area (Å²) in [6.45, 7) is 1.75. The molecule has 2 aromatic rings. The second-order valence-electron chi connectivity index (χ2n) is 8.46. The van der Waals surface area contributed by atoms with Gasteiger partial charge in [-0.15, -0.1) is 0 Å². The summed E-state index contributed by atoms with van der Waals surface area (Å²) in [7, 11) is 0. The Kier molecular flexibility index (Phi) is 6.13. The van der Waals surface area contributed by atoms with Crippen molar-refractivity contribution in [1.29, 1.82) is 0 Å². The Balaban J connectivity index is 1.32. The van der Waals surface area contributed by atoms with Crippen LogP contribution in [0.1, 0.15) is 48.5 Å². The number of benzene rings is 2. The van der Waals surface area contributed by atoms with E-state index in [1.807, 2.05) is 4.90 Å². The summed E-state index contributed by atoms with van der Waals surface area (Å²) < 4.78 is 43.8. The number of hydrogen-bond donors (Lipinski definition) is 1. The second kappa shape index (κ2) is 8.84.